The van der Waals surface area contributed by atoms with Crippen molar-refractivity contribution in [2.45, 2.75) is 91.6 Å². The van der Waals surface area contributed by atoms with Crippen LogP contribution in [0.4, 0.5) is 0 Å². The number of carboxylic acids is 1. The first-order chi connectivity index (χ1) is 12.6. The summed E-state index contributed by atoms with van der Waals surface area (Å²) in [7, 11) is 0. The molecule has 0 spiro atoms. The Hall–Kier alpha value is -1.43. The fourth-order valence-corrected chi connectivity index (χ4v) is 3.21. The number of carbonyl (C=O) groups is 3. The van der Waals surface area contributed by atoms with Crippen LogP contribution in [-0.4, -0.2) is 35.4 Å². The highest BCUT2D eigenvalue weighted by molar-refractivity contribution is 5.84. The summed E-state index contributed by atoms with van der Waals surface area (Å²) in [5.74, 6) is -0.556. The molecular weight excluding hydrogens is 344 g/mol. The number of rotatable bonds is 15. The van der Waals surface area contributed by atoms with Crippen molar-refractivity contribution in [3.05, 3.63) is 0 Å². The van der Waals surface area contributed by atoms with Gasteiger partial charge in [-0.1, -0.05) is 53.9 Å². The summed E-state index contributed by atoms with van der Waals surface area (Å²) in [5.41, 5.74) is 5.83. The second kappa shape index (κ2) is 13.7. The summed E-state index contributed by atoms with van der Waals surface area (Å²) in [6.07, 6.45) is 5.98. The topological polar surface area (TPSA) is 109 Å². The van der Waals surface area contributed by atoms with E-state index in [1.807, 2.05) is 13.8 Å². The average Bonchev–Trinajstić information content (AvgIpc) is 2.55. The summed E-state index contributed by atoms with van der Waals surface area (Å²) >= 11 is 0. The van der Waals surface area contributed by atoms with Crippen LogP contribution in [0.15, 0.2) is 0 Å². The predicted molar refractivity (Wildman–Crippen MR) is 108 cm³/mol. The maximum atomic E-state index is 12.1. The standard InChI is InChI=1S/C21H40N2O4/c1-14(2)7-6-8-16(5)9-10-17(21(26)27)12-18(13-24)23-20(25)19(22)11-15(3)4/h13-19H,6-12,22H2,1-5H3,(H,23,25)(H,26,27)/t16?,17?,18-,19-/m0/s1. The second-order valence-electron chi connectivity index (χ2n) is 8.77. The number of hydrogen-bond acceptors (Lipinski definition) is 4. The number of hydrogen-bond donors (Lipinski definition) is 3. The molecule has 0 aromatic rings. The lowest BCUT2D eigenvalue weighted by molar-refractivity contribution is -0.143. The molecule has 4 atom stereocenters. The molecule has 0 aliphatic carbocycles. The van der Waals surface area contributed by atoms with Gasteiger partial charge in [0, 0.05) is 0 Å². The minimum atomic E-state index is -0.919. The fraction of sp³-hybridized carbons (Fsp3) is 0.857. The first kappa shape index (κ1) is 25.6. The number of carbonyl (C=O) groups excluding carboxylic acids is 2. The van der Waals surface area contributed by atoms with Crippen LogP contribution in [-0.2, 0) is 14.4 Å². The van der Waals surface area contributed by atoms with Crippen molar-refractivity contribution in [3.8, 4) is 0 Å². The molecule has 0 aliphatic rings. The third-order valence-corrected chi connectivity index (χ3v) is 4.93. The molecule has 0 saturated heterocycles. The molecule has 27 heavy (non-hydrogen) atoms. The van der Waals surface area contributed by atoms with Gasteiger partial charge in [-0.25, -0.2) is 0 Å². The lowest BCUT2D eigenvalue weighted by Crippen LogP contribution is -2.47. The van der Waals surface area contributed by atoms with E-state index in [2.05, 4.69) is 26.1 Å². The molecule has 0 aliphatic heterocycles. The van der Waals surface area contributed by atoms with Crippen LogP contribution in [0, 0.1) is 23.7 Å². The van der Waals surface area contributed by atoms with Crippen LogP contribution < -0.4 is 11.1 Å². The van der Waals surface area contributed by atoms with Crippen LogP contribution in [0.1, 0.15) is 79.6 Å². The number of aldehydes is 1. The van der Waals surface area contributed by atoms with Crippen molar-refractivity contribution in [2.75, 3.05) is 0 Å². The van der Waals surface area contributed by atoms with Crippen LogP contribution in [0.2, 0.25) is 0 Å². The zero-order chi connectivity index (χ0) is 21.0. The minimum absolute atomic E-state index is 0.109. The van der Waals surface area contributed by atoms with Gasteiger partial charge in [-0.3, -0.25) is 9.59 Å². The number of carboxylic acid groups (broad SMARTS) is 1. The molecule has 6 heteroatoms. The quantitative estimate of drug-likeness (QED) is 0.375. The molecule has 0 aromatic heterocycles. The minimum Gasteiger partial charge on any atom is -0.481 e. The monoisotopic (exact) mass is 384 g/mol. The summed E-state index contributed by atoms with van der Waals surface area (Å²) in [6.45, 7) is 10.5. The number of amides is 1. The van der Waals surface area contributed by atoms with Crippen LogP contribution >= 0.6 is 0 Å². The van der Waals surface area contributed by atoms with Crippen molar-refractivity contribution in [1.82, 2.24) is 5.32 Å². The van der Waals surface area contributed by atoms with E-state index in [0.717, 1.165) is 19.3 Å². The molecule has 0 aromatic carbocycles. The third kappa shape index (κ3) is 12.6. The van der Waals surface area contributed by atoms with E-state index in [4.69, 9.17) is 5.73 Å². The average molecular weight is 385 g/mol. The molecule has 0 bridgehead atoms. The maximum absolute atomic E-state index is 12.1. The molecular formula is C21H40N2O4. The van der Waals surface area contributed by atoms with E-state index in [9.17, 15) is 19.5 Å². The predicted octanol–water partition coefficient (Wildman–Crippen LogP) is 3.38. The Balaban J connectivity index is 4.52. The maximum Gasteiger partial charge on any atom is 0.306 e. The SMILES string of the molecule is CC(C)CCCC(C)CCC(C[C@@H](C=O)NC(=O)[C@@H](N)CC(C)C)C(=O)O. The summed E-state index contributed by atoms with van der Waals surface area (Å²) < 4.78 is 0. The van der Waals surface area contributed by atoms with Crippen molar-refractivity contribution >= 4 is 18.2 Å². The van der Waals surface area contributed by atoms with Gasteiger partial charge in [0.25, 0.3) is 0 Å². The number of nitrogens with one attached hydrogen (secondary N) is 1. The molecule has 2 unspecified atom stereocenters. The molecule has 4 N–H and O–H groups in total. The Morgan fingerprint density at radius 1 is 0.963 bits per heavy atom. The number of aliphatic carboxylic acids is 1. The Labute approximate surface area is 164 Å². The summed E-state index contributed by atoms with van der Waals surface area (Å²) in [5, 5.41) is 12.1. The Morgan fingerprint density at radius 3 is 2.07 bits per heavy atom. The highest BCUT2D eigenvalue weighted by Crippen LogP contribution is 2.22. The first-order valence-corrected chi connectivity index (χ1v) is 10.3. The Bertz CT molecular complexity index is 451. The summed E-state index contributed by atoms with van der Waals surface area (Å²) in [4.78, 5) is 35.0. The molecule has 0 rings (SSSR count). The lowest BCUT2D eigenvalue weighted by atomic mass is 9.89. The van der Waals surface area contributed by atoms with Gasteiger partial charge in [0.1, 0.15) is 6.29 Å². The zero-order valence-corrected chi connectivity index (χ0v) is 17.7. The lowest BCUT2D eigenvalue weighted by Gasteiger charge is -2.21. The van der Waals surface area contributed by atoms with Gasteiger partial charge in [-0.15, -0.1) is 0 Å². The smallest absolute Gasteiger partial charge is 0.306 e. The van der Waals surface area contributed by atoms with E-state index >= 15 is 0 Å². The van der Waals surface area contributed by atoms with Gasteiger partial charge >= 0.3 is 5.97 Å². The molecule has 0 radical (unpaired) electrons. The van der Waals surface area contributed by atoms with E-state index < -0.39 is 29.9 Å². The van der Waals surface area contributed by atoms with Crippen LogP contribution in [0.3, 0.4) is 0 Å². The molecule has 0 fully saturated rings. The van der Waals surface area contributed by atoms with Gasteiger partial charge in [-0.2, -0.15) is 0 Å². The van der Waals surface area contributed by atoms with Gasteiger partial charge in [0.2, 0.25) is 5.91 Å². The molecule has 158 valence electrons. The van der Waals surface area contributed by atoms with Crippen LogP contribution in [0.5, 0.6) is 0 Å². The zero-order valence-electron chi connectivity index (χ0n) is 17.7. The molecule has 6 nitrogen and oxygen atoms in total. The van der Waals surface area contributed by atoms with Gasteiger partial charge in [-0.05, 0) is 43.4 Å². The van der Waals surface area contributed by atoms with E-state index in [1.165, 1.54) is 6.42 Å². The highest BCUT2D eigenvalue weighted by Gasteiger charge is 2.25. The molecule has 1 amide bonds. The third-order valence-electron chi connectivity index (χ3n) is 4.93. The van der Waals surface area contributed by atoms with Crippen molar-refractivity contribution in [1.29, 1.82) is 0 Å². The van der Waals surface area contributed by atoms with Crippen molar-refractivity contribution < 1.29 is 19.5 Å². The summed E-state index contributed by atoms with van der Waals surface area (Å²) in [6, 6.07) is -1.50. The Kier molecular flexibility index (Phi) is 13.0. The van der Waals surface area contributed by atoms with Crippen molar-refractivity contribution in [2.24, 2.45) is 29.4 Å². The molecule has 0 saturated carbocycles. The Morgan fingerprint density at radius 2 is 1.59 bits per heavy atom. The largest absolute Gasteiger partial charge is 0.481 e. The first-order valence-electron chi connectivity index (χ1n) is 10.3. The van der Waals surface area contributed by atoms with Gasteiger partial charge in [0.05, 0.1) is 18.0 Å². The fourth-order valence-electron chi connectivity index (χ4n) is 3.21. The number of nitrogens with two attached hydrogens (primary N) is 1. The highest BCUT2D eigenvalue weighted by atomic mass is 16.4. The normalized spacial score (nSPS) is 16.0. The second-order valence-corrected chi connectivity index (χ2v) is 8.77. The van der Waals surface area contributed by atoms with Crippen molar-refractivity contribution in [3.63, 3.8) is 0 Å². The van der Waals surface area contributed by atoms with E-state index in [-0.39, 0.29) is 12.3 Å². The van der Waals surface area contributed by atoms with Crippen LogP contribution in [0.25, 0.3) is 0 Å². The van der Waals surface area contributed by atoms with Gasteiger partial charge in [0.15, 0.2) is 0 Å². The van der Waals surface area contributed by atoms with Gasteiger partial charge < -0.3 is 21.0 Å². The molecule has 0 heterocycles. The van der Waals surface area contributed by atoms with E-state index in [1.54, 1.807) is 0 Å². The van der Waals surface area contributed by atoms with E-state index in [0.29, 0.717) is 31.0 Å².